The predicted molar refractivity (Wildman–Crippen MR) is 73.6 cm³/mol. The van der Waals surface area contributed by atoms with Gasteiger partial charge in [-0.25, -0.2) is 0 Å². The molecular weight excluding hydrogens is 240 g/mol. The normalized spacial score (nSPS) is 40.3. The number of allylic oxidation sites excluding steroid dienone is 4. The number of fused-ring (bicyclic) bond motifs is 1. The van der Waals surface area contributed by atoms with E-state index < -0.39 is 5.79 Å². The van der Waals surface area contributed by atoms with Crippen LogP contribution in [0.1, 0.15) is 39.0 Å². The van der Waals surface area contributed by atoms with E-state index in [4.69, 9.17) is 9.47 Å². The molecular formula is C16H24O3. The molecule has 0 unspecified atom stereocenters. The molecule has 0 bridgehead atoms. The molecule has 0 aromatic rings. The number of hydrogen-bond acceptors (Lipinski definition) is 3. The average Bonchev–Trinajstić information content (AvgIpc) is 2.84. The first-order valence-electron chi connectivity index (χ1n) is 7.33. The lowest BCUT2D eigenvalue weighted by Crippen LogP contribution is -2.51. The van der Waals surface area contributed by atoms with Gasteiger partial charge < -0.3 is 14.6 Å². The molecule has 0 atom stereocenters. The number of aliphatic hydroxyl groups is 1. The molecule has 0 spiro atoms. The Morgan fingerprint density at radius 2 is 1.37 bits per heavy atom. The van der Waals surface area contributed by atoms with Crippen LogP contribution in [0, 0.1) is 10.8 Å². The second-order valence-electron chi connectivity index (χ2n) is 6.49. The van der Waals surface area contributed by atoms with Gasteiger partial charge in [-0.3, -0.25) is 0 Å². The molecule has 106 valence electrons. The maximum atomic E-state index is 10.1. The lowest BCUT2D eigenvalue weighted by molar-refractivity contribution is -0.189. The van der Waals surface area contributed by atoms with Crippen molar-refractivity contribution >= 4 is 0 Å². The van der Waals surface area contributed by atoms with E-state index in [0.29, 0.717) is 13.2 Å². The minimum absolute atomic E-state index is 0.0329. The first kappa shape index (κ1) is 13.3. The van der Waals surface area contributed by atoms with Crippen LogP contribution < -0.4 is 0 Å². The van der Waals surface area contributed by atoms with E-state index in [-0.39, 0.29) is 17.4 Å². The van der Waals surface area contributed by atoms with Crippen LogP contribution in [-0.2, 0) is 9.47 Å². The summed E-state index contributed by atoms with van der Waals surface area (Å²) in [6.07, 6.45) is 13.8. The molecule has 3 heteroatoms. The van der Waals surface area contributed by atoms with E-state index in [2.05, 4.69) is 24.3 Å². The summed E-state index contributed by atoms with van der Waals surface area (Å²) in [5.41, 5.74) is 0.0408. The summed E-state index contributed by atoms with van der Waals surface area (Å²) in [6, 6.07) is 0. The standard InChI is InChI=1S/C16H24O3/c1-14(18-10-11-19-14)12-15-6-2-4-8-16(15,13-17)9-5-3-7-15/h2-5,17H,6-13H2,1H3. The zero-order valence-electron chi connectivity index (χ0n) is 11.7. The highest BCUT2D eigenvalue weighted by Gasteiger charge is 2.54. The summed E-state index contributed by atoms with van der Waals surface area (Å²) in [4.78, 5) is 0. The van der Waals surface area contributed by atoms with Crippen molar-refractivity contribution in [2.45, 2.75) is 44.8 Å². The summed E-state index contributed by atoms with van der Waals surface area (Å²) in [5, 5.41) is 10.1. The third kappa shape index (κ3) is 2.08. The number of aliphatic hydroxyl groups excluding tert-OH is 1. The first-order valence-corrected chi connectivity index (χ1v) is 7.33. The van der Waals surface area contributed by atoms with Crippen molar-refractivity contribution in [2.75, 3.05) is 19.8 Å². The van der Waals surface area contributed by atoms with Crippen LogP contribution in [0.25, 0.3) is 0 Å². The van der Waals surface area contributed by atoms with E-state index in [1.165, 1.54) is 0 Å². The van der Waals surface area contributed by atoms with Crippen LogP contribution in [0.3, 0.4) is 0 Å². The molecule has 0 saturated carbocycles. The van der Waals surface area contributed by atoms with Gasteiger partial charge in [0.1, 0.15) is 0 Å². The van der Waals surface area contributed by atoms with Crippen LogP contribution in [-0.4, -0.2) is 30.7 Å². The molecule has 2 aliphatic carbocycles. The summed E-state index contributed by atoms with van der Waals surface area (Å²) in [6.45, 7) is 3.67. The van der Waals surface area contributed by atoms with Crippen molar-refractivity contribution in [1.82, 2.24) is 0 Å². The molecule has 1 fully saturated rings. The topological polar surface area (TPSA) is 38.7 Å². The van der Waals surface area contributed by atoms with E-state index in [1.807, 2.05) is 6.92 Å². The fourth-order valence-electron chi connectivity index (χ4n) is 4.17. The van der Waals surface area contributed by atoms with Crippen LogP contribution in [0.5, 0.6) is 0 Å². The molecule has 1 heterocycles. The van der Waals surface area contributed by atoms with Gasteiger partial charge in [-0.1, -0.05) is 24.3 Å². The Morgan fingerprint density at radius 3 is 1.84 bits per heavy atom. The van der Waals surface area contributed by atoms with Gasteiger partial charge in [0.25, 0.3) is 0 Å². The van der Waals surface area contributed by atoms with E-state index in [9.17, 15) is 5.11 Å². The Labute approximate surface area is 115 Å². The van der Waals surface area contributed by atoms with Crippen molar-refractivity contribution in [1.29, 1.82) is 0 Å². The van der Waals surface area contributed by atoms with Gasteiger partial charge >= 0.3 is 0 Å². The molecule has 19 heavy (non-hydrogen) atoms. The third-order valence-corrected chi connectivity index (χ3v) is 5.35. The summed E-state index contributed by atoms with van der Waals surface area (Å²) in [5.74, 6) is -0.475. The van der Waals surface area contributed by atoms with Crippen molar-refractivity contribution in [2.24, 2.45) is 10.8 Å². The largest absolute Gasteiger partial charge is 0.396 e. The van der Waals surface area contributed by atoms with Gasteiger partial charge in [0, 0.05) is 18.4 Å². The average molecular weight is 264 g/mol. The van der Waals surface area contributed by atoms with Gasteiger partial charge in [0.15, 0.2) is 5.79 Å². The number of rotatable bonds is 3. The van der Waals surface area contributed by atoms with Gasteiger partial charge in [0.05, 0.1) is 13.2 Å². The van der Waals surface area contributed by atoms with Gasteiger partial charge in [-0.05, 0) is 38.0 Å². The molecule has 1 N–H and O–H groups in total. The lowest BCUT2D eigenvalue weighted by atomic mass is 9.51. The summed E-state index contributed by atoms with van der Waals surface area (Å²) >= 11 is 0. The lowest BCUT2D eigenvalue weighted by Gasteiger charge is -2.54. The van der Waals surface area contributed by atoms with Crippen molar-refractivity contribution in [3.05, 3.63) is 24.3 Å². The fourth-order valence-corrected chi connectivity index (χ4v) is 4.17. The Hall–Kier alpha value is -0.640. The van der Waals surface area contributed by atoms with E-state index in [1.54, 1.807) is 0 Å². The molecule has 3 aliphatic rings. The summed E-state index contributed by atoms with van der Waals surface area (Å²) in [7, 11) is 0. The maximum Gasteiger partial charge on any atom is 0.166 e. The van der Waals surface area contributed by atoms with Crippen LogP contribution in [0.4, 0.5) is 0 Å². The Kier molecular flexibility index (Phi) is 3.32. The number of hydrogen-bond donors (Lipinski definition) is 1. The highest BCUT2D eigenvalue weighted by Crippen LogP contribution is 2.59. The van der Waals surface area contributed by atoms with E-state index in [0.717, 1.165) is 32.1 Å². The minimum atomic E-state index is -0.475. The first-order chi connectivity index (χ1) is 9.14. The monoisotopic (exact) mass is 264 g/mol. The molecule has 1 saturated heterocycles. The molecule has 0 radical (unpaired) electrons. The van der Waals surface area contributed by atoms with Gasteiger partial charge in [-0.2, -0.15) is 0 Å². The molecule has 0 amide bonds. The van der Waals surface area contributed by atoms with Gasteiger partial charge in [0.2, 0.25) is 0 Å². The Balaban J connectivity index is 1.93. The van der Waals surface area contributed by atoms with Crippen molar-refractivity contribution < 1.29 is 14.6 Å². The molecule has 0 aromatic carbocycles. The van der Waals surface area contributed by atoms with Gasteiger partial charge in [-0.15, -0.1) is 0 Å². The predicted octanol–water partition coefficient (Wildman–Crippen LogP) is 2.80. The Morgan fingerprint density at radius 1 is 0.895 bits per heavy atom. The molecule has 3 rings (SSSR count). The Bertz CT molecular complexity index is 373. The zero-order chi connectivity index (χ0) is 13.4. The SMILES string of the molecule is CC1(CC23CC=CCC2(CO)CC=CC3)OCCO1. The number of ether oxygens (including phenoxy) is 2. The van der Waals surface area contributed by atoms with Crippen LogP contribution in [0.2, 0.25) is 0 Å². The van der Waals surface area contributed by atoms with Crippen molar-refractivity contribution in [3.63, 3.8) is 0 Å². The smallest absolute Gasteiger partial charge is 0.166 e. The molecule has 0 aromatic heterocycles. The quantitative estimate of drug-likeness (QED) is 0.797. The highest BCUT2D eigenvalue weighted by atomic mass is 16.7. The highest BCUT2D eigenvalue weighted by molar-refractivity contribution is 5.17. The third-order valence-electron chi connectivity index (χ3n) is 5.35. The summed E-state index contributed by atoms with van der Waals surface area (Å²) < 4.78 is 11.6. The van der Waals surface area contributed by atoms with E-state index >= 15 is 0 Å². The second kappa shape index (κ2) is 4.72. The molecule has 1 aliphatic heterocycles. The second-order valence-corrected chi connectivity index (χ2v) is 6.49. The van der Waals surface area contributed by atoms with Crippen molar-refractivity contribution in [3.8, 4) is 0 Å². The molecule has 3 nitrogen and oxygen atoms in total. The van der Waals surface area contributed by atoms with Crippen LogP contribution in [0.15, 0.2) is 24.3 Å². The van der Waals surface area contributed by atoms with Crippen LogP contribution >= 0.6 is 0 Å². The maximum absolute atomic E-state index is 10.1. The minimum Gasteiger partial charge on any atom is -0.396 e. The fraction of sp³-hybridized carbons (Fsp3) is 0.750. The zero-order valence-corrected chi connectivity index (χ0v) is 11.7.